The Labute approximate surface area is 69.3 Å². The predicted molar refractivity (Wildman–Crippen MR) is 24.2 cm³/mol. The van der Waals surface area contributed by atoms with Gasteiger partial charge in [-0.2, -0.15) is 0 Å². The molecule has 0 atom stereocenters. The Morgan fingerprint density at radius 3 is 1.33 bits per heavy atom. The van der Waals surface area contributed by atoms with Gasteiger partial charge >= 0.3 is 42.5 Å². The fourth-order valence-electron chi connectivity index (χ4n) is 0. The second-order valence-corrected chi connectivity index (χ2v) is 0.724. The molecule has 0 saturated heterocycles. The van der Waals surface area contributed by atoms with Crippen LogP contribution in [0, 0.1) is 15.3 Å². The van der Waals surface area contributed by atoms with Crippen LogP contribution in [0.15, 0.2) is 0 Å². The Hall–Kier alpha value is -0.0997. The SMILES string of the molecule is O=[N+]([O-])[O-].[Li+].[NH4+].[O]=[GeH][O-]. The van der Waals surface area contributed by atoms with E-state index >= 15 is 0 Å². The standard InChI is InChI=1S/GeHO2.Li.NO3.H3N/c2-1-3;;2-1(3)4;/h1H;;;1H3/q-1;+1;-1;/p+1. The van der Waals surface area contributed by atoms with Crippen LogP contribution in [0.2, 0.25) is 0 Å². The van der Waals surface area contributed by atoms with Gasteiger partial charge in [-0.3, -0.25) is 0 Å². The van der Waals surface area contributed by atoms with Gasteiger partial charge in [0.1, 0.15) is 0 Å². The average molecular weight is 193 g/mol. The monoisotopic (exact) mass is 194 g/mol. The Kier molecular flexibility index (Phi) is 63.6. The van der Waals surface area contributed by atoms with Crippen molar-refractivity contribution in [3.8, 4) is 0 Å². The van der Waals surface area contributed by atoms with Crippen LogP contribution in [0.3, 0.4) is 0 Å². The second kappa shape index (κ2) is 24.7. The van der Waals surface area contributed by atoms with Gasteiger partial charge in [0.15, 0.2) is 0 Å². The average Bonchev–Trinajstić information content (AvgIpc) is 1.33. The van der Waals surface area contributed by atoms with Gasteiger partial charge in [-0.15, -0.1) is 0 Å². The van der Waals surface area contributed by atoms with Crippen LogP contribution in [-0.4, -0.2) is 20.8 Å². The molecule has 7 nitrogen and oxygen atoms in total. The van der Waals surface area contributed by atoms with E-state index in [1.165, 1.54) is 0 Å². The molecule has 0 fully saturated rings. The molecule has 0 aliphatic heterocycles. The Balaban J connectivity index is -0.0000000233. The van der Waals surface area contributed by atoms with Crippen LogP contribution in [0.5, 0.6) is 0 Å². The summed E-state index contributed by atoms with van der Waals surface area (Å²) in [4.78, 5) is 8.25. The van der Waals surface area contributed by atoms with E-state index < -0.39 is 20.8 Å². The summed E-state index contributed by atoms with van der Waals surface area (Å²) < 4.78 is 17.1. The molecule has 50 valence electrons. The third-order valence-corrected chi connectivity index (χ3v) is 0. The summed E-state index contributed by atoms with van der Waals surface area (Å²) in [5, 5.41) is 14.8. The van der Waals surface area contributed by atoms with Crippen molar-refractivity contribution in [1.82, 2.24) is 6.15 Å². The van der Waals surface area contributed by atoms with Crippen molar-refractivity contribution >= 4 is 15.7 Å². The van der Waals surface area contributed by atoms with Crippen molar-refractivity contribution in [2.45, 2.75) is 0 Å². The molecular formula is H5GeLiN2O5. The van der Waals surface area contributed by atoms with E-state index in [-0.39, 0.29) is 25.0 Å². The Morgan fingerprint density at radius 2 is 1.33 bits per heavy atom. The summed E-state index contributed by atoms with van der Waals surface area (Å²) in [6.07, 6.45) is 0. The molecule has 0 aromatic heterocycles. The third kappa shape index (κ3) is 27600. The molecule has 0 aromatic carbocycles. The van der Waals surface area contributed by atoms with Crippen LogP contribution in [-0.2, 0) is 3.78 Å². The van der Waals surface area contributed by atoms with Crippen molar-refractivity contribution in [3.63, 3.8) is 0 Å². The van der Waals surface area contributed by atoms with E-state index in [0.717, 1.165) is 0 Å². The van der Waals surface area contributed by atoms with Gasteiger partial charge in [0.05, 0.1) is 5.09 Å². The number of hydrogen-bond acceptors (Lipinski definition) is 5. The second-order valence-electron chi connectivity index (χ2n) is 0.320. The first-order chi connectivity index (χ1) is 3.15. The van der Waals surface area contributed by atoms with E-state index in [4.69, 9.17) is 23.2 Å². The van der Waals surface area contributed by atoms with Gasteiger partial charge in [0.25, 0.3) is 0 Å². The summed E-state index contributed by atoms with van der Waals surface area (Å²) in [7, 11) is 0. The van der Waals surface area contributed by atoms with E-state index in [0.29, 0.717) is 0 Å². The number of rotatable bonds is 0. The van der Waals surface area contributed by atoms with Crippen LogP contribution < -0.4 is 29.1 Å². The van der Waals surface area contributed by atoms with Crippen molar-refractivity contribution < 1.29 is 31.9 Å². The van der Waals surface area contributed by atoms with Crippen LogP contribution >= 0.6 is 0 Å². The molecule has 0 bridgehead atoms. The number of hydrogen-bond donors (Lipinski definition) is 1. The zero-order valence-electron chi connectivity index (χ0n) is 5.07. The zero-order valence-corrected chi connectivity index (χ0v) is 7.49. The van der Waals surface area contributed by atoms with Crippen molar-refractivity contribution in [2.24, 2.45) is 0 Å². The van der Waals surface area contributed by atoms with Crippen LogP contribution in [0.1, 0.15) is 0 Å². The van der Waals surface area contributed by atoms with E-state index in [1.807, 2.05) is 0 Å². The summed E-state index contributed by atoms with van der Waals surface area (Å²) in [5.74, 6) is 0. The number of quaternary nitrogens is 1. The molecular weight excluding hydrogens is 188 g/mol. The van der Waals surface area contributed by atoms with Gasteiger partial charge < -0.3 is 21.5 Å². The summed E-state index contributed by atoms with van der Waals surface area (Å²) in [6.45, 7) is 0. The van der Waals surface area contributed by atoms with Gasteiger partial charge in [0, 0.05) is 0 Å². The molecule has 0 spiro atoms. The molecule has 0 radical (unpaired) electrons. The molecule has 9 heteroatoms. The molecule has 0 aliphatic carbocycles. The van der Waals surface area contributed by atoms with Gasteiger partial charge in [0.2, 0.25) is 0 Å². The number of nitrogens with zero attached hydrogens (tertiary/aromatic N) is 1. The maximum atomic E-state index is 8.53. The molecule has 9 heavy (non-hydrogen) atoms. The van der Waals surface area contributed by atoms with Gasteiger partial charge in [-0.25, -0.2) is 0 Å². The molecule has 0 rings (SSSR count). The quantitative estimate of drug-likeness (QED) is 0.233. The van der Waals surface area contributed by atoms with Crippen LogP contribution in [0.25, 0.3) is 0 Å². The third-order valence-electron chi connectivity index (χ3n) is 0. The topological polar surface area (TPSA) is 143 Å². The summed E-state index contributed by atoms with van der Waals surface area (Å²) in [5.41, 5.74) is 0. The molecule has 0 heterocycles. The van der Waals surface area contributed by atoms with Crippen molar-refractivity contribution in [1.29, 1.82) is 0 Å². The first-order valence-electron chi connectivity index (χ1n) is 1.02. The predicted octanol–water partition coefficient (Wildman–Crippen LogP) is -4.82. The van der Waals surface area contributed by atoms with E-state index in [1.54, 1.807) is 0 Å². The van der Waals surface area contributed by atoms with Crippen molar-refractivity contribution in [2.75, 3.05) is 0 Å². The van der Waals surface area contributed by atoms with Crippen molar-refractivity contribution in [3.05, 3.63) is 15.3 Å². The van der Waals surface area contributed by atoms with E-state index in [2.05, 4.69) is 0 Å². The minimum absolute atomic E-state index is 0. The fraction of sp³-hybridized carbons (Fsp3) is 0. The molecule has 0 aromatic rings. The molecule has 0 aliphatic rings. The fourth-order valence-corrected chi connectivity index (χ4v) is 0. The normalized spacial score (nSPS) is 4.00. The zero-order chi connectivity index (χ0) is 6.28. The first-order valence-corrected chi connectivity index (χ1v) is 3.00. The van der Waals surface area contributed by atoms with Gasteiger partial charge in [-0.1, -0.05) is 0 Å². The van der Waals surface area contributed by atoms with Crippen LogP contribution in [0.4, 0.5) is 0 Å². The summed E-state index contributed by atoms with van der Waals surface area (Å²) in [6, 6.07) is 0. The van der Waals surface area contributed by atoms with Gasteiger partial charge in [-0.05, 0) is 0 Å². The molecule has 0 unspecified atom stereocenters. The molecule has 0 saturated carbocycles. The maximum absolute atomic E-state index is 8.53. The molecule has 4 N–H and O–H groups in total. The molecule has 0 amide bonds. The summed E-state index contributed by atoms with van der Waals surface area (Å²) >= 11 is -2.19. The van der Waals surface area contributed by atoms with E-state index in [9.17, 15) is 0 Å². The first kappa shape index (κ1) is 23.1. The minimum atomic E-state index is -2.19. The Morgan fingerprint density at radius 1 is 1.33 bits per heavy atom. The Bertz CT molecular complexity index is 62.0.